The lowest BCUT2D eigenvalue weighted by molar-refractivity contribution is -0.0733. The van der Waals surface area contributed by atoms with E-state index in [1.165, 1.54) is 0 Å². The van der Waals surface area contributed by atoms with Crippen LogP contribution in [0.15, 0.2) is 18.2 Å². The molecule has 2 aromatic heterocycles. The fourth-order valence-electron chi connectivity index (χ4n) is 5.88. The summed E-state index contributed by atoms with van der Waals surface area (Å²) in [7, 11) is 3.75. The standard InChI is InChI=1S/C29H38ClN5O3/c1-7-8-20(36)14-38-21-9-10-24(30)23(11-21)27-31-25(26-17(2)19(4)33-34(26)5)18(3)28(32-27)35-15-29(16-35)12-22(13-29)37-6/h9-11,20,22,36H,7-8,12-16H2,1-6H3/t20-/m1/s1. The molecule has 8 nitrogen and oxygen atoms in total. The van der Waals surface area contributed by atoms with Gasteiger partial charge in [-0.25, -0.2) is 9.97 Å². The molecular formula is C29H38ClN5O3. The van der Waals surface area contributed by atoms with Gasteiger partial charge in [0.2, 0.25) is 0 Å². The number of hydrogen-bond acceptors (Lipinski definition) is 7. The molecule has 2 aliphatic rings. The molecule has 38 heavy (non-hydrogen) atoms. The maximum Gasteiger partial charge on any atom is 0.163 e. The quantitative estimate of drug-likeness (QED) is 0.396. The number of anilines is 1. The number of aryl methyl sites for hydroxylation is 2. The summed E-state index contributed by atoms with van der Waals surface area (Å²) in [5.74, 6) is 2.10. The number of ether oxygens (including phenoxy) is 2. The Balaban J connectivity index is 1.54. The van der Waals surface area contributed by atoms with Crippen LogP contribution in [0.5, 0.6) is 5.75 Å². The van der Waals surface area contributed by atoms with E-state index in [-0.39, 0.29) is 6.61 Å². The highest BCUT2D eigenvalue weighted by Crippen LogP contribution is 2.51. The number of hydrogen-bond donors (Lipinski definition) is 1. The summed E-state index contributed by atoms with van der Waals surface area (Å²) in [5.41, 5.74) is 5.97. The smallest absolute Gasteiger partial charge is 0.163 e. The number of aliphatic hydroxyl groups excluding tert-OH is 1. The summed E-state index contributed by atoms with van der Waals surface area (Å²) in [6, 6.07) is 5.49. The van der Waals surface area contributed by atoms with E-state index in [1.54, 1.807) is 13.2 Å². The van der Waals surface area contributed by atoms with E-state index >= 15 is 0 Å². The molecule has 3 aromatic rings. The number of rotatable bonds is 9. The van der Waals surface area contributed by atoms with Crippen molar-refractivity contribution in [1.29, 1.82) is 0 Å². The number of aromatic nitrogens is 4. The highest BCUT2D eigenvalue weighted by molar-refractivity contribution is 6.33. The Bertz CT molecular complexity index is 1330. The van der Waals surface area contributed by atoms with Crippen molar-refractivity contribution in [3.8, 4) is 28.5 Å². The van der Waals surface area contributed by atoms with E-state index < -0.39 is 6.10 Å². The van der Waals surface area contributed by atoms with Gasteiger partial charge in [-0.1, -0.05) is 24.9 Å². The van der Waals surface area contributed by atoms with Crippen LogP contribution in [0.3, 0.4) is 0 Å². The Hall–Kier alpha value is -2.68. The van der Waals surface area contributed by atoms with Gasteiger partial charge in [-0.15, -0.1) is 0 Å². The lowest BCUT2D eigenvalue weighted by Gasteiger charge is -2.59. The highest BCUT2D eigenvalue weighted by atomic mass is 35.5. The molecule has 1 aromatic carbocycles. The van der Waals surface area contributed by atoms with Crippen molar-refractivity contribution in [2.24, 2.45) is 12.5 Å². The SMILES string of the molecule is CCC[C@@H](O)COc1ccc(Cl)c(-c2nc(-c3c(C)c(C)nn3C)c(C)c(N3CC4(CC(OC)C4)C3)n2)c1. The molecule has 1 N–H and O–H groups in total. The van der Waals surface area contributed by atoms with E-state index in [4.69, 9.17) is 31.0 Å². The fraction of sp³-hybridized carbons (Fsp3) is 0.552. The van der Waals surface area contributed by atoms with Gasteiger partial charge in [0.05, 0.1) is 34.3 Å². The molecule has 0 unspecified atom stereocenters. The molecule has 1 atom stereocenters. The Morgan fingerprint density at radius 3 is 2.53 bits per heavy atom. The van der Waals surface area contributed by atoms with Crippen LogP contribution in [0.2, 0.25) is 5.02 Å². The lowest BCUT2D eigenvalue weighted by Crippen LogP contribution is -2.64. The zero-order valence-electron chi connectivity index (χ0n) is 23.2. The van der Waals surface area contributed by atoms with E-state index in [0.717, 1.165) is 66.4 Å². The Kier molecular flexibility index (Phi) is 7.42. The van der Waals surface area contributed by atoms with Gasteiger partial charge in [-0.3, -0.25) is 4.68 Å². The molecule has 5 rings (SSSR count). The van der Waals surface area contributed by atoms with Crippen molar-refractivity contribution >= 4 is 17.4 Å². The molecule has 1 saturated heterocycles. The number of nitrogens with zero attached hydrogens (tertiary/aromatic N) is 5. The third-order valence-corrected chi connectivity index (χ3v) is 8.45. The van der Waals surface area contributed by atoms with Crippen molar-refractivity contribution in [3.63, 3.8) is 0 Å². The van der Waals surface area contributed by atoms with Gasteiger partial charge in [0, 0.05) is 43.8 Å². The van der Waals surface area contributed by atoms with Crippen molar-refractivity contribution in [3.05, 3.63) is 40.0 Å². The largest absolute Gasteiger partial charge is 0.491 e. The second kappa shape index (κ2) is 10.5. The summed E-state index contributed by atoms with van der Waals surface area (Å²) in [4.78, 5) is 12.5. The first-order valence-corrected chi connectivity index (χ1v) is 13.8. The fourth-order valence-corrected chi connectivity index (χ4v) is 6.08. The third-order valence-electron chi connectivity index (χ3n) is 8.12. The minimum absolute atomic E-state index is 0.228. The first kappa shape index (κ1) is 26.9. The van der Waals surface area contributed by atoms with Crippen molar-refractivity contribution in [1.82, 2.24) is 19.7 Å². The van der Waals surface area contributed by atoms with Crippen molar-refractivity contribution in [2.75, 3.05) is 31.7 Å². The van der Waals surface area contributed by atoms with Crippen molar-refractivity contribution in [2.45, 2.75) is 65.6 Å². The van der Waals surface area contributed by atoms with Crippen molar-refractivity contribution < 1.29 is 14.6 Å². The molecule has 1 aliphatic heterocycles. The summed E-state index contributed by atoms with van der Waals surface area (Å²) in [6.45, 7) is 10.4. The van der Waals surface area contributed by atoms with Gasteiger partial charge in [-0.05, 0) is 63.8 Å². The molecule has 1 aliphatic carbocycles. The second-order valence-corrected chi connectivity index (χ2v) is 11.5. The van der Waals surface area contributed by atoms with Crippen LogP contribution < -0.4 is 9.64 Å². The van der Waals surface area contributed by atoms with E-state index in [9.17, 15) is 5.11 Å². The first-order chi connectivity index (χ1) is 18.1. The average Bonchev–Trinajstić information content (AvgIpc) is 3.09. The minimum Gasteiger partial charge on any atom is -0.491 e. The zero-order chi connectivity index (χ0) is 27.2. The molecule has 2 fully saturated rings. The number of aliphatic hydroxyl groups is 1. The predicted octanol–water partition coefficient (Wildman–Crippen LogP) is 5.28. The number of benzene rings is 1. The van der Waals surface area contributed by atoms with E-state index in [0.29, 0.717) is 40.1 Å². The lowest BCUT2D eigenvalue weighted by atomic mass is 9.61. The Morgan fingerprint density at radius 2 is 1.89 bits per heavy atom. The van der Waals surface area contributed by atoms with Crippen LogP contribution in [0, 0.1) is 26.2 Å². The molecule has 204 valence electrons. The van der Waals surface area contributed by atoms with Gasteiger partial charge in [0.1, 0.15) is 18.2 Å². The molecule has 1 spiro atoms. The van der Waals surface area contributed by atoms with Gasteiger partial charge in [0.25, 0.3) is 0 Å². The molecular weight excluding hydrogens is 502 g/mol. The summed E-state index contributed by atoms with van der Waals surface area (Å²) in [5, 5.41) is 15.3. The molecule has 0 amide bonds. The molecule has 1 saturated carbocycles. The Labute approximate surface area is 230 Å². The van der Waals surface area contributed by atoms with Gasteiger partial charge in [-0.2, -0.15) is 5.10 Å². The van der Waals surface area contributed by atoms with Crippen LogP contribution in [0.1, 0.15) is 49.4 Å². The second-order valence-electron chi connectivity index (χ2n) is 11.0. The third kappa shape index (κ3) is 4.90. The monoisotopic (exact) mass is 539 g/mol. The highest BCUT2D eigenvalue weighted by Gasteiger charge is 2.53. The molecule has 9 heteroatoms. The van der Waals surface area contributed by atoms with E-state index in [2.05, 4.69) is 23.8 Å². The Morgan fingerprint density at radius 1 is 1.16 bits per heavy atom. The van der Waals surface area contributed by atoms with Crippen LogP contribution in [0.4, 0.5) is 5.82 Å². The molecule has 0 bridgehead atoms. The molecule has 3 heterocycles. The summed E-state index contributed by atoms with van der Waals surface area (Å²) in [6.07, 6.45) is 3.65. The summed E-state index contributed by atoms with van der Waals surface area (Å²) < 4.78 is 13.3. The van der Waals surface area contributed by atoms with Crippen LogP contribution in [0.25, 0.3) is 22.8 Å². The van der Waals surface area contributed by atoms with Gasteiger partial charge < -0.3 is 19.5 Å². The van der Waals surface area contributed by atoms with Crippen LogP contribution >= 0.6 is 11.6 Å². The van der Waals surface area contributed by atoms with Crippen LogP contribution in [-0.4, -0.2) is 63.9 Å². The van der Waals surface area contributed by atoms with Crippen LogP contribution in [-0.2, 0) is 11.8 Å². The van der Waals surface area contributed by atoms with E-state index in [1.807, 2.05) is 37.7 Å². The summed E-state index contributed by atoms with van der Waals surface area (Å²) >= 11 is 6.71. The normalized spacial score (nSPS) is 17.4. The minimum atomic E-state index is -0.507. The zero-order valence-corrected chi connectivity index (χ0v) is 24.0. The number of halogens is 1. The van der Waals surface area contributed by atoms with Gasteiger partial charge in [0.15, 0.2) is 5.82 Å². The number of methoxy groups -OCH3 is 1. The average molecular weight is 540 g/mol. The maximum atomic E-state index is 10.1. The predicted molar refractivity (Wildman–Crippen MR) is 150 cm³/mol. The maximum absolute atomic E-state index is 10.1. The van der Waals surface area contributed by atoms with Gasteiger partial charge >= 0.3 is 0 Å². The first-order valence-electron chi connectivity index (χ1n) is 13.4. The molecule has 0 radical (unpaired) electrons. The topological polar surface area (TPSA) is 85.5 Å².